The van der Waals surface area contributed by atoms with E-state index in [9.17, 15) is 34.1 Å². The Hall–Kier alpha value is -5.25. The predicted molar refractivity (Wildman–Crippen MR) is 189 cm³/mol. The molecule has 0 saturated heterocycles. The van der Waals surface area contributed by atoms with Crippen molar-refractivity contribution < 1.29 is 43.1 Å². The maximum Gasteiger partial charge on any atom is 0.514 e. The van der Waals surface area contributed by atoms with Gasteiger partial charge in [0.25, 0.3) is 5.69 Å². The van der Waals surface area contributed by atoms with Gasteiger partial charge in [-0.25, -0.2) is 9.59 Å². The Bertz CT molecular complexity index is 1460. The van der Waals surface area contributed by atoms with Crippen LogP contribution in [-0.2, 0) is 30.5 Å². The van der Waals surface area contributed by atoms with Gasteiger partial charge in [0.2, 0.25) is 17.7 Å². The molecule has 0 heterocycles. The van der Waals surface area contributed by atoms with Crippen LogP contribution in [0.4, 0.5) is 21.0 Å². The van der Waals surface area contributed by atoms with E-state index in [-0.39, 0.29) is 49.3 Å². The molecule has 2 rings (SSSR count). The topological polar surface area (TPSA) is 230 Å². The number of urea groups is 1. The molecule has 0 radical (unpaired) electrons. The van der Waals surface area contributed by atoms with Gasteiger partial charge in [0.1, 0.15) is 24.4 Å². The smallest absolute Gasteiger partial charge is 0.429 e. The maximum atomic E-state index is 13.4. The Labute approximate surface area is 297 Å². The number of ether oxygens (including phenoxy) is 3. The Morgan fingerprint density at radius 1 is 0.941 bits per heavy atom. The van der Waals surface area contributed by atoms with Crippen molar-refractivity contribution >= 4 is 41.3 Å². The Morgan fingerprint density at radius 3 is 2.20 bits per heavy atom. The fourth-order valence-corrected chi connectivity index (χ4v) is 4.63. The van der Waals surface area contributed by atoms with Crippen LogP contribution in [0.2, 0.25) is 0 Å². The molecule has 2 aromatic rings. The predicted octanol–water partition coefficient (Wildman–Crippen LogP) is 4.70. The molecule has 5 amide bonds. The van der Waals surface area contributed by atoms with Crippen molar-refractivity contribution in [3.05, 3.63) is 64.2 Å². The number of primary amides is 1. The summed E-state index contributed by atoms with van der Waals surface area (Å²) in [4.78, 5) is 73.1. The highest BCUT2D eigenvalue weighted by Crippen LogP contribution is 2.19. The monoisotopic (exact) mass is 714 g/mol. The number of anilines is 1. The van der Waals surface area contributed by atoms with Crippen LogP contribution in [0.15, 0.2) is 48.5 Å². The largest absolute Gasteiger partial charge is 0.514 e. The molecule has 2 aromatic carbocycles. The van der Waals surface area contributed by atoms with Gasteiger partial charge in [-0.15, -0.1) is 0 Å². The summed E-state index contributed by atoms with van der Waals surface area (Å²) >= 11 is 0. The Kier molecular flexibility index (Phi) is 17.3. The molecule has 1 unspecified atom stereocenters. The lowest BCUT2D eigenvalue weighted by molar-refractivity contribution is -0.384. The number of nitro benzene ring substituents is 1. The SMILES string of the molecule is CCCCOC(C)(C)CCC(=O)NC(C(=O)N[C@@H](CCCNC(N)=O)C(=O)Nc1ccc(COC(=O)Oc2ccc([N+](=O)[O-])cc2)cc1)C(C)C. The molecule has 0 aliphatic carbocycles. The number of nitrogens with one attached hydrogen (secondary N) is 4. The molecule has 16 heteroatoms. The van der Waals surface area contributed by atoms with Gasteiger partial charge in [-0.05, 0) is 75.3 Å². The van der Waals surface area contributed by atoms with Gasteiger partial charge >= 0.3 is 12.2 Å². The minimum atomic E-state index is -1.02. The van der Waals surface area contributed by atoms with E-state index in [2.05, 4.69) is 28.2 Å². The Balaban J connectivity index is 2.00. The number of amides is 5. The molecular weight excluding hydrogens is 664 g/mol. The molecule has 0 spiro atoms. The zero-order valence-corrected chi connectivity index (χ0v) is 29.8. The minimum Gasteiger partial charge on any atom is -0.429 e. The summed E-state index contributed by atoms with van der Waals surface area (Å²) in [7, 11) is 0. The van der Waals surface area contributed by atoms with E-state index in [0.717, 1.165) is 12.8 Å². The number of hydrogen-bond donors (Lipinski definition) is 5. The van der Waals surface area contributed by atoms with Gasteiger partial charge in [-0.2, -0.15) is 0 Å². The average Bonchev–Trinajstić information content (AvgIpc) is 3.07. The van der Waals surface area contributed by atoms with E-state index < -0.39 is 46.6 Å². The van der Waals surface area contributed by atoms with Crippen molar-refractivity contribution in [2.24, 2.45) is 11.7 Å². The second kappa shape index (κ2) is 21.1. The maximum absolute atomic E-state index is 13.4. The summed E-state index contributed by atoms with van der Waals surface area (Å²) < 4.78 is 16.0. The number of hydrogen-bond acceptors (Lipinski definition) is 10. The molecule has 0 saturated carbocycles. The van der Waals surface area contributed by atoms with Gasteiger partial charge in [0.15, 0.2) is 0 Å². The van der Waals surface area contributed by atoms with Crippen molar-refractivity contribution in [3.63, 3.8) is 0 Å². The number of carbonyl (C=O) groups is 5. The third-order valence-electron chi connectivity index (χ3n) is 7.64. The van der Waals surface area contributed by atoms with Crippen molar-refractivity contribution in [1.29, 1.82) is 0 Å². The van der Waals surface area contributed by atoms with Crippen molar-refractivity contribution in [1.82, 2.24) is 16.0 Å². The zero-order chi connectivity index (χ0) is 38.0. The minimum absolute atomic E-state index is 0.0742. The first-order valence-electron chi connectivity index (χ1n) is 16.9. The van der Waals surface area contributed by atoms with E-state index in [0.29, 0.717) is 30.7 Å². The van der Waals surface area contributed by atoms with Crippen LogP contribution < -0.4 is 31.7 Å². The van der Waals surface area contributed by atoms with Crippen LogP contribution in [0, 0.1) is 16.0 Å². The standard InChI is InChI=1S/C35H50N6O10/c1-6-7-21-50-35(4,5)19-18-29(42)40-30(23(2)3)32(44)39-28(9-8-20-37-33(36)45)31(43)38-25-12-10-24(11-13-25)22-49-34(46)51-27-16-14-26(15-17-27)41(47)48/h10-17,23,28,30H,6-9,18-22H2,1-5H3,(H,38,43)(H,39,44)(H,40,42)(H3,36,37,45)/t28-,30?/m0/s1. The van der Waals surface area contributed by atoms with Crippen LogP contribution >= 0.6 is 0 Å². The summed E-state index contributed by atoms with van der Waals surface area (Å²) in [6.45, 7) is 10.1. The van der Waals surface area contributed by atoms with E-state index in [1.807, 2.05) is 13.8 Å². The molecule has 0 aromatic heterocycles. The average molecular weight is 715 g/mol. The lowest BCUT2D eigenvalue weighted by atomic mass is 9.99. The number of nitro groups is 1. The van der Waals surface area contributed by atoms with Crippen LogP contribution in [0.5, 0.6) is 5.75 Å². The highest BCUT2D eigenvalue weighted by molar-refractivity contribution is 5.98. The lowest BCUT2D eigenvalue weighted by Crippen LogP contribution is -2.54. The third kappa shape index (κ3) is 16.3. The number of rotatable bonds is 21. The molecule has 0 aliphatic heterocycles. The van der Waals surface area contributed by atoms with Crippen LogP contribution in [-0.4, -0.2) is 65.7 Å². The number of nitrogens with two attached hydrogens (primary N) is 1. The second-order valence-corrected chi connectivity index (χ2v) is 12.8. The summed E-state index contributed by atoms with van der Waals surface area (Å²) in [6.07, 6.45) is 2.00. The van der Waals surface area contributed by atoms with Gasteiger partial charge in [0, 0.05) is 37.4 Å². The normalized spacial score (nSPS) is 12.3. The van der Waals surface area contributed by atoms with Crippen LogP contribution in [0.25, 0.3) is 0 Å². The number of unbranched alkanes of at least 4 members (excludes halogenated alkanes) is 1. The van der Waals surface area contributed by atoms with Gasteiger partial charge in [-0.1, -0.05) is 39.3 Å². The van der Waals surface area contributed by atoms with Gasteiger partial charge in [0.05, 0.1) is 10.5 Å². The number of carbonyl (C=O) groups excluding carboxylic acids is 5. The molecule has 280 valence electrons. The fourth-order valence-electron chi connectivity index (χ4n) is 4.63. The molecular formula is C35H50N6O10. The Morgan fingerprint density at radius 2 is 1.61 bits per heavy atom. The van der Waals surface area contributed by atoms with Gasteiger partial charge < -0.3 is 41.2 Å². The number of nitrogens with zero attached hydrogens (tertiary/aromatic N) is 1. The summed E-state index contributed by atoms with van der Waals surface area (Å²) in [5.74, 6) is -1.59. The quantitative estimate of drug-likeness (QED) is 0.0393. The first kappa shape index (κ1) is 41.9. The lowest BCUT2D eigenvalue weighted by Gasteiger charge is -2.27. The molecule has 16 nitrogen and oxygen atoms in total. The molecule has 6 N–H and O–H groups in total. The first-order chi connectivity index (χ1) is 24.1. The van der Waals surface area contributed by atoms with Crippen LogP contribution in [0.3, 0.4) is 0 Å². The van der Waals surface area contributed by atoms with E-state index in [1.54, 1.807) is 38.1 Å². The second-order valence-electron chi connectivity index (χ2n) is 12.8. The number of benzene rings is 2. The van der Waals surface area contributed by atoms with E-state index in [1.165, 1.54) is 24.3 Å². The molecule has 0 aliphatic rings. The molecule has 0 bridgehead atoms. The zero-order valence-electron chi connectivity index (χ0n) is 29.8. The first-order valence-corrected chi connectivity index (χ1v) is 16.9. The van der Waals surface area contributed by atoms with E-state index in [4.69, 9.17) is 19.9 Å². The van der Waals surface area contributed by atoms with Crippen molar-refractivity contribution in [3.8, 4) is 5.75 Å². The third-order valence-corrected chi connectivity index (χ3v) is 7.64. The van der Waals surface area contributed by atoms with Crippen LogP contribution in [0.1, 0.15) is 78.7 Å². The van der Waals surface area contributed by atoms with Crippen molar-refractivity contribution in [2.75, 3.05) is 18.5 Å². The molecule has 51 heavy (non-hydrogen) atoms. The number of non-ortho nitro benzene ring substituents is 1. The highest BCUT2D eigenvalue weighted by atomic mass is 16.7. The molecule has 0 fully saturated rings. The summed E-state index contributed by atoms with van der Waals surface area (Å²) in [6, 6.07) is 8.66. The highest BCUT2D eigenvalue weighted by Gasteiger charge is 2.29. The molecule has 2 atom stereocenters. The fraction of sp³-hybridized carbons (Fsp3) is 0.514. The van der Waals surface area contributed by atoms with E-state index >= 15 is 0 Å². The summed E-state index contributed by atoms with van der Waals surface area (Å²) in [5.41, 5.74) is 5.46. The summed E-state index contributed by atoms with van der Waals surface area (Å²) in [5, 5.41) is 21.5. The van der Waals surface area contributed by atoms with Gasteiger partial charge in [-0.3, -0.25) is 24.5 Å². The van der Waals surface area contributed by atoms with Crippen molar-refractivity contribution in [2.45, 2.75) is 97.4 Å².